The molecule has 3 rings (SSSR count). The van der Waals surface area contributed by atoms with E-state index in [0.717, 1.165) is 35.1 Å². The molecule has 1 saturated heterocycles. The monoisotopic (exact) mass is 345 g/mol. The minimum Gasteiger partial charge on any atom is -0.379 e. The van der Waals surface area contributed by atoms with Gasteiger partial charge in [-0.2, -0.15) is 5.10 Å². The predicted molar refractivity (Wildman–Crippen MR) is 96.6 cm³/mol. The molecule has 2 aromatic rings. The lowest BCUT2D eigenvalue weighted by atomic mass is 10.0. The van der Waals surface area contributed by atoms with Gasteiger partial charge in [0.05, 0.1) is 25.5 Å². The Bertz CT molecular complexity index is 770. The van der Waals surface area contributed by atoms with Crippen molar-refractivity contribution < 1.29 is 9.53 Å². The molecule has 2 aromatic carbocycles. The van der Waals surface area contributed by atoms with Gasteiger partial charge in [0.25, 0.3) is 5.91 Å². The van der Waals surface area contributed by atoms with Crippen LogP contribution in [0.25, 0.3) is 10.8 Å². The average Bonchev–Trinajstić information content (AvgIpc) is 2.61. The molecule has 24 heavy (non-hydrogen) atoms. The molecule has 1 aliphatic rings. The molecule has 0 aromatic heterocycles. The normalized spacial score (nSPS) is 16.3. The van der Waals surface area contributed by atoms with E-state index in [9.17, 15) is 4.79 Å². The smallest absolute Gasteiger partial charge is 0.254 e. The SMILES string of the molecule is C/C(=N\NC(=O)CN1CCOCC1)c1ccc(Cl)c2ccccc12. The van der Waals surface area contributed by atoms with Gasteiger partial charge in [-0.3, -0.25) is 9.69 Å². The summed E-state index contributed by atoms with van der Waals surface area (Å²) >= 11 is 6.24. The van der Waals surface area contributed by atoms with Gasteiger partial charge in [0.2, 0.25) is 0 Å². The van der Waals surface area contributed by atoms with Gasteiger partial charge < -0.3 is 4.74 Å². The molecule has 0 bridgehead atoms. The van der Waals surface area contributed by atoms with Crippen molar-refractivity contribution in [3.63, 3.8) is 0 Å². The Hall–Kier alpha value is -1.95. The van der Waals surface area contributed by atoms with Gasteiger partial charge in [0.15, 0.2) is 0 Å². The Morgan fingerprint density at radius 3 is 2.67 bits per heavy atom. The van der Waals surface area contributed by atoms with Crippen LogP contribution in [0, 0.1) is 0 Å². The number of hydrogen-bond acceptors (Lipinski definition) is 4. The van der Waals surface area contributed by atoms with Crippen LogP contribution in [0.4, 0.5) is 0 Å². The highest BCUT2D eigenvalue weighted by Crippen LogP contribution is 2.26. The number of halogens is 1. The van der Waals surface area contributed by atoms with Gasteiger partial charge in [-0.05, 0) is 18.4 Å². The molecule has 5 nitrogen and oxygen atoms in total. The number of hydrazone groups is 1. The average molecular weight is 346 g/mol. The summed E-state index contributed by atoms with van der Waals surface area (Å²) in [6, 6.07) is 11.7. The number of rotatable bonds is 4. The van der Waals surface area contributed by atoms with Crippen LogP contribution in [-0.2, 0) is 9.53 Å². The van der Waals surface area contributed by atoms with Crippen molar-refractivity contribution in [1.29, 1.82) is 0 Å². The highest BCUT2D eigenvalue weighted by atomic mass is 35.5. The van der Waals surface area contributed by atoms with E-state index in [4.69, 9.17) is 16.3 Å². The lowest BCUT2D eigenvalue weighted by Crippen LogP contribution is -2.42. The molecular formula is C18H20ClN3O2. The number of amides is 1. The summed E-state index contributed by atoms with van der Waals surface area (Å²) in [7, 11) is 0. The molecule has 1 heterocycles. The zero-order valence-electron chi connectivity index (χ0n) is 13.6. The molecule has 0 unspecified atom stereocenters. The van der Waals surface area contributed by atoms with Crippen LogP contribution in [0.1, 0.15) is 12.5 Å². The highest BCUT2D eigenvalue weighted by molar-refractivity contribution is 6.36. The first-order valence-electron chi connectivity index (χ1n) is 7.96. The minimum absolute atomic E-state index is 0.116. The maximum absolute atomic E-state index is 12.0. The Labute approximate surface area is 146 Å². The van der Waals surface area contributed by atoms with Gasteiger partial charge in [-0.25, -0.2) is 5.43 Å². The van der Waals surface area contributed by atoms with Crippen LogP contribution in [0.5, 0.6) is 0 Å². The van der Waals surface area contributed by atoms with Gasteiger partial charge in [0.1, 0.15) is 0 Å². The number of nitrogens with one attached hydrogen (secondary N) is 1. The number of carbonyl (C=O) groups excluding carboxylic acids is 1. The van der Waals surface area contributed by atoms with Crippen LogP contribution in [-0.4, -0.2) is 49.4 Å². The third kappa shape index (κ3) is 3.93. The van der Waals surface area contributed by atoms with E-state index < -0.39 is 0 Å². The fourth-order valence-electron chi connectivity index (χ4n) is 2.78. The maximum atomic E-state index is 12.0. The molecule has 1 amide bonds. The van der Waals surface area contributed by atoms with Gasteiger partial charge in [-0.15, -0.1) is 0 Å². The van der Waals surface area contributed by atoms with E-state index in [2.05, 4.69) is 15.4 Å². The number of nitrogens with zero attached hydrogens (tertiary/aromatic N) is 2. The Balaban J connectivity index is 1.72. The quantitative estimate of drug-likeness (QED) is 0.684. The summed E-state index contributed by atoms with van der Waals surface area (Å²) < 4.78 is 5.28. The first-order chi connectivity index (χ1) is 11.6. The molecule has 0 radical (unpaired) electrons. The molecule has 126 valence electrons. The third-order valence-electron chi connectivity index (χ3n) is 4.08. The van der Waals surface area contributed by atoms with E-state index in [-0.39, 0.29) is 5.91 Å². The molecule has 0 saturated carbocycles. The third-order valence-corrected chi connectivity index (χ3v) is 4.41. The summed E-state index contributed by atoms with van der Waals surface area (Å²) in [6.07, 6.45) is 0. The topological polar surface area (TPSA) is 53.9 Å². The molecular weight excluding hydrogens is 326 g/mol. The zero-order chi connectivity index (χ0) is 16.9. The lowest BCUT2D eigenvalue weighted by molar-refractivity contribution is -0.123. The van der Waals surface area contributed by atoms with Crippen molar-refractivity contribution in [3.05, 3.63) is 47.0 Å². The second-order valence-electron chi connectivity index (χ2n) is 5.76. The Morgan fingerprint density at radius 2 is 1.92 bits per heavy atom. The van der Waals surface area contributed by atoms with E-state index in [1.807, 2.05) is 43.3 Å². The lowest BCUT2D eigenvalue weighted by Gasteiger charge is -2.25. The van der Waals surface area contributed by atoms with Crippen LogP contribution in [0.15, 0.2) is 41.5 Å². The molecule has 0 spiro atoms. The van der Waals surface area contributed by atoms with Crippen molar-refractivity contribution in [2.75, 3.05) is 32.8 Å². The molecule has 1 N–H and O–H groups in total. The first-order valence-corrected chi connectivity index (χ1v) is 8.34. The van der Waals surface area contributed by atoms with Gasteiger partial charge >= 0.3 is 0 Å². The number of benzene rings is 2. The fourth-order valence-corrected chi connectivity index (χ4v) is 3.01. The van der Waals surface area contributed by atoms with Crippen molar-refractivity contribution in [2.24, 2.45) is 5.10 Å². The largest absolute Gasteiger partial charge is 0.379 e. The van der Waals surface area contributed by atoms with Crippen LogP contribution in [0.2, 0.25) is 5.02 Å². The summed E-state index contributed by atoms with van der Waals surface area (Å²) in [5.74, 6) is -0.116. The second kappa shape index (κ2) is 7.75. The molecule has 6 heteroatoms. The number of carbonyl (C=O) groups is 1. The Kier molecular flexibility index (Phi) is 5.45. The first kappa shape index (κ1) is 16.9. The Morgan fingerprint density at radius 1 is 1.21 bits per heavy atom. The second-order valence-corrected chi connectivity index (χ2v) is 6.17. The molecule has 0 atom stereocenters. The van der Waals surface area contributed by atoms with E-state index >= 15 is 0 Å². The molecule has 0 aliphatic carbocycles. The summed E-state index contributed by atoms with van der Waals surface area (Å²) in [5.41, 5.74) is 4.35. The summed E-state index contributed by atoms with van der Waals surface area (Å²) in [6.45, 7) is 5.11. The van der Waals surface area contributed by atoms with E-state index in [1.165, 1.54) is 0 Å². The predicted octanol–water partition coefficient (Wildman–Crippen LogP) is 2.67. The minimum atomic E-state index is -0.116. The van der Waals surface area contributed by atoms with Crippen molar-refractivity contribution in [1.82, 2.24) is 10.3 Å². The van der Waals surface area contributed by atoms with Crippen LogP contribution in [0.3, 0.4) is 0 Å². The van der Waals surface area contributed by atoms with Crippen LogP contribution >= 0.6 is 11.6 Å². The van der Waals surface area contributed by atoms with Gasteiger partial charge in [-0.1, -0.05) is 41.9 Å². The van der Waals surface area contributed by atoms with Gasteiger partial charge in [0, 0.05) is 29.1 Å². The number of morpholine rings is 1. The van der Waals surface area contributed by atoms with E-state index in [0.29, 0.717) is 24.8 Å². The number of ether oxygens (including phenoxy) is 1. The molecule has 1 aliphatic heterocycles. The van der Waals surface area contributed by atoms with Crippen LogP contribution < -0.4 is 5.43 Å². The zero-order valence-corrected chi connectivity index (χ0v) is 14.3. The van der Waals surface area contributed by atoms with Crippen molar-refractivity contribution in [2.45, 2.75) is 6.92 Å². The summed E-state index contributed by atoms with van der Waals surface area (Å²) in [5, 5.41) is 6.96. The highest BCUT2D eigenvalue weighted by Gasteiger charge is 2.14. The van der Waals surface area contributed by atoms with Crippen molar-refractivity contribution >= 4 is 34.0 Å². The standard InChI is InChI=1S/C18H20ClN3O2/c1-13(20-21-18(23)12-22-8-10-24-11-9-22)14-6-7-17(19)16-5-3-2-4-15(14)16/h2-7H,8-12H2,1H3,(H,21,23)/b20-13+. The maximum Gasteiger partial charge on any atom is 0.254 e. The number of hydrogen-bond donors (Lipinski definition) is 1. The summed E-state index contributed by atoms with van der Waals surface area (Å²) in [4.78, 5) is 14.1. The fraction of sp³-hybridized carbons (Fsp3) is 0.333. The van der Waals surface area contributed by atoms with Crippen molar-refractivity contribution in [3.8, 4) is 0 Å². The number of fused-ring (bicyclic) bond motifs is 1. The molecule has 1 fully saturated rings. The van der Waals surface area contributed by atoms with E-state index in [1.54, 1.807) is 0 Å².